The number of benzene rings is 1. The summed E-state index contributed by atoms with van der Waals surface area (Å²) in [5.41, 5.74) is 0.606. The molecule has 0 aromatic heterocycles. The smallest absolute Gasteiger partial charge is 0.150 e. The average molecular weight is 229 g/mol. The molecule has 82 valence electrons. The number of halogens is 1. The van der Waals surface area contributed by atoms with Gasteiger partial charge in [-0.25, -0.2) is 0 Å². The van der Waals surface area contributed by atoms with Crippen molar-refractivity contribution in [2.75, 3.05) is 25.7 Å². The van der Waals surface area contributed by atoms with Crippen molar-refractivity contribution in [1.29, 1.82) is 0 Å². The van der Waals surface area contributed by atoms with Crippen molar-refractivity contribution in [3.05, 3.63) is 29.8 Å². The number of carbonyl (C=O) groups is 1. The van der Waals surface area contributed by atoms with Crippen LogP contribution in [0.3, 0.4) is 0 Å². The van der Waals surface area contributed by atoms with Gasteiger partial charge in [-0.3, -0.25) is 4.79 Å². The summed E-state index contributed by atoms with van der Waals surface area (Å²) < 4.78 is 10.5. The molecule has 4 heteroatoms. The van der Waals surface area contributed by atoms with Gasteiger partial charge < -0.3 is 9.47 Å². The van der Waals surface area contributed by atoms with E-state index in [1.165, 1.54) is 0 Å². The minimum atomic E-state index is 0.458. The van der Waals surface area contributed by atoms with E-state index >= 15 is 0 Å². The minimum Gasteiger partial charge on any atom is -0.491 e. The second-order valence-corrected chi connectivity index (χ2v) is 3.22. The summed E-state index contributed by atoms with van der Waals surface area (Å²) in [5, 5.41) is 0. The molecule has 0 N–H and O–H groups in total. The van der Waals surface area contributed by atoms with Crippen molar-refractivity contribution in [2.45, 2.75) is 0 Å². The van der Waals surface area contributed by atoms with Gasteiger partial charge in [0.05, 0.1) is 13.2 Å². The Bertz CT molecular complexity index is 302. The zero-order valence-electron chi connectivity index (χ0n) is 8.32. The molecule has 1 rings (SSSR count). The normalized spacial score (nSPS) is 9.93. The van der Waals surface area contributed by atoms with Crippen LogP contribution in [0.25, 0.3) is 0 Å². The first-order valence-corrected chi connectivity index (χ1v) is 5.22. The first kappa shape index (κ1) is 12.0. The van der Waals surface area contributed by atoms with Gasteiger partial charge in [-0.1, -0.05) is 12.1 Å². The molecule has 0 aliphatic rings. The van der Waals surface area contributed by atoms with Gasteiger partial charge in [0.15, 0.2) is 0 Å². The quantitative estimate of drug-likeness (QED) is 0.408. The van der Waals surface area contributed by atoms with Crippen molar-refractivity contribution in [1.82, 2.24) is 0 Å². The standard InChI is InChI=1S/C11H13ClO3/c12-4-5-14-6-7-15-11-3-1-2-10(8-11)9-13/h1-3,8-9H,4-7H2. The first-order chi connectivity index (χ1) is 7.36. The highest BCUT2D eigenvalue weighted by molar-refractivity contribution is 6.17. The number of rotatable bonds is 7. The number of alkyl halides is 1. The molecule has 0 bridgehead atoms. The Morgan fingerprint density at radius 3 is 2.87 bits per heavy atom. The summed E-state index contributed by atoms with van der Waals surface area (Å²) in [6.45, 7) is 1.48. The highest BCUT2D eigenvalue weighted by Crippen LogP contribution is 2.11. The monoisotopic (exact) mass is 228 g/mol. The fourth-order valence-electron chi connectivity index (χ4n) is 1.05. The highest BCUT2D eigenvalue weighted by atomic mass is 35.5. The molecule has 1 aromatic rings. The average Bonchev–Trinajstić information content (AvgIpc) is 2.29. The van der Waals surface area contributed by atoms with Crippen molar-refractivity contribution in [3.63, 3.8) is 0 Å². The van der Waals surface area contributed by atoms with Crippen LogP contribution < -0.4 is 4.74 Å². The Hall–Kier alpha value is -1.06. The lowest BCUT2D eigenvalue weighted by Crippen LogP contribution is -2.08. The van der Waals surface area contributed by atoms with E-state index in [2.05, 4.69) is 0 Å². The number of aldehydes is 1. The number of hydrogen-bond acceptors (Lipinski definition) is 3. The Balaban J connectivity index is 2.27. The van der Waals surface area contributed by atoms with E-state index in [0.717, 1.165) is 6.29 Å². The van der Waals surface area contributed by atoms with Crippen LogP contribution in [-0.4, -0.2) is 32.0 Å². The maximum Gasteiger partial charge on any atom is 0.150 e. The molecular weight excluding hydrogens is 216 g/mol. The van der Waals surface area contributed by atoms with E-state index in [4.69, 9.17) is 21.1 Å². The van der Waals surface area contributed by atoms with Crippen molar-refractivity contribution >= 4 is 17.9 Å². The topological polar surface area (TPSA) is 35.5 Å². The molecule has 0 unspecified atom stereocenters. The van der Waals surface area contributed by atoms with Crippen LogP contribution in [-0.2, 0) is 4.74 Å². The fourth-order valence-corrected chi connectivity index (χ4v) is 1.16. The highest BCUT2D eigenvalue weighted by Gasteiger charge is 1.95. The third-order valence-corrected chi connectivity index (χ3v) is 1.87. The zero-order chi connectivity index (χ0) is 10.9. The summed E-state index contributed by atoms with van der Waals surface area (Å²) in [6.07, 6.45) is 0.789. The number of hydrogen-bond donors (Lipinski definition) is 0. The van der Waals surface area contributed by atoms with Gasteiger partial charge >= 0.3 is 0 Å². The Labute approximate surface area is 93.9 Å². The predicted molar refractivity (Wildman–Crippen MR) is 58.9 cm³/mol. The number of ether oxygens (including phenoxy) is 2. The van der Waals surface area contributed by atoms with Crippen LogP contribution in [0.15, 0.2) is 24.3 Å². The molecular formula is C11H13ClO3. The molecule has 0 saturated heterocycles. The maximum absolute atomic E-state index is 10.5. The lowest BCUT2D eigenvalue weighted by Gasteiger charge is -2.06. The molecule has 15 heavy (non-hydrogen) atoms. The van der Waals surface area contributed by atoms with Crippen LogP contribution >= 0.6 is 11.6 Å². The molecule has 0 heterocycles. The third kappa shape index (κ3) is 4.81. The number of carbonyl (C=O) groups excluding carboxylic acids is 1. The van der Waals surface area contributed by atoms with Gasteiger partial charge in [0.1, 0.15) is 18.6 Å². The Kier molecular flexibility index (Phi) is 5.81. The summed E-state index contributed by atoms with van der Waals surface area (Å²) in [4.78, 5) is 10.5. The van der Waals surface area contributed by atoms with E-state index in [1.807, 2.05) is 0 Å². The summed E-state index contributed by atoms with van der Waals surface area (Å²) in [5.74, 6) is 1.16. The van der Waals surface area contributed by atoms with Gasteiger partial charge in [0.25, 0.3) is 0 Å². The lowest BCUT2D eigenvalue weighted by atomic mass is 10.2. The van der Waals surface area contributed by atoms with Crippen LogP contribution in [0.5, 0.6) is 5.75 Å². The van der Waals surface area contributed by atoms with Gasteiger partial charge in [-0.2, -0.15) is 0 Å². The van der Waals surface area contributed by atoms with E-state index in [1.54, 1.807) is 24.3 Å². The second-order valence-electron chi connectivity index (χ2n) is 2.84. The van der Waals surface area contributed by atoms with Gasteiger partial charge in [0.2, 0.25) is 0 Å². The van der Waals surface area contributed by atoms with Crippen LogP contribution in [0.1, 0.15) is 10.4 Å². The fraction of sp³-hybridized carbons (Fsp3) is 0.364. The zero-order valence-corrected chi connectivity index (χ0v) is 9.07. The molecule has 0 atom stereocenters. The van der Waals surface area contributed by atoms with Crippen LogP contribution in [0, 0.1) is 0 Å². The molecule has 0 aliphatic carbocycles. The molecule has 0 aliphatic heterocycles. The SMILES string of the molecule is O=Cc1cccc(OCCOCCCl)c1. The van der Waals surface area contributed by atoms with E-state index in [9.17, 15) is 4.79 Å². The maximum atomic E-state index is 10.5. The molecule has 0 saturated carbocycles. The van der Waals surface area contributed by atoms with Crippen LogP contribution in [0.4, 0.5) is 0 Å². The molecule has 1 aromatic carbocycles. The lowest BCUT2D eigenvalue weighted by molar-refractivity contribution is 0.110. The molecule has 0 amide bonds. The van der Waals surface area contributed by atoms with Gasteiger partial charge in [-0.15, -0.1) is 11.6 Å². The second kappa shape index (κ2) is 7.26. The third-order valence-electron chi connectivity index (χ3n) is 1.71. The summed E-state index contributed by atoms with van der Waals surface area (Å²) in [6, 6.07) is 6.99. The van der Waals surface area contributed by atoms with E-state index in [0.29, 0.717) is 37.0 Å². The van der Waals surface area contributed by atoms with Gasteiger partial charge in [0, 0.05) is 11.4 Å². The largest absolute Gasteiger partial charge is 0.491 e. The van der Waals surface area contributed by atoms with Crippen LogP contribution in [0.2, 0.25) is 0 Å². The predicted octanol–water partition coefficient (Wildman–Crippen LogP) is 2.13. The Morgan fingerprint density at radius 2 is 2.13 bits per heavy atom. The first-order valence-electron chi connectivity index (χ1n) is 4.68. The molecule has 0 spiro atoms. The van der Waals surface area contributed by atoms with E-state index < -0.39 is 0 Å². The molecule has 0 fully saturated rings. The molecule has 0 radical (unpaired) electrons. The van der Waals surface area contributed by atoms with Crippen molar-refractivity contribution in [2.24, 2.45) is 0 Å². The minimum absolute atomic E-state index is 0.458. The van der Waals surface area contributed by atoms with Crippen molar-refractivity contribution < 1.29 is 14.3 Å². The van der Waals surface area contributed by atoms with E-state index in [-0.39, 0.29) is 0 Å². The summed E-state index contributed by atoms with van der Waals surface area (Å²) >= 11 is 5.43. The van der Waals surface area contributed by atoms with Crippen molar-refractivity contribution in [3.8, 4) is 5.75 Å². The molecule has 3 nitrogen and oxygen atoms in total. The summed E-state index contributed by atoms with van der Waals surface area (Å²) in [7, 11) is 0. The van der Waals surface area contributed by atoms with Gasteiger partial charge in [-0.05, 0) is 12.1 Å². The Morgan fingerprint density at radius 1 is 1.27 bits per heavy atom.